The average molecular weight is 1830 g/mol. The number of anilines is 1. The normalized spacial score (nSPS) is 14.0. The van der Waals surface area contributed by atoms with Gasteiger partial charge >= 0.3 is 0 Å². The van der Waals surface area contributed by atoms with Crippen molar-refractivity contribution in [2.45, 2.75) is 172 Å². The van der Waals surface area contributed by atoms with Crippen LogP contribution in [0.5, 0.6) is 0 Å². The molecule has 9 aromatic heterocycles. The van der Waals surface area contributed by atoms with Crippen LogP contribution < -0.4 is 5.32 Å². The molecular weight excluding hydrogens is 1710 g/mol. The fourth-order valence-corrected chi connectivity index (χ4v) is 13.5. The molecule has 0 aliphatic rings. The summed E-state index contributed by atoms with van der Waals surface area (Å²) in [6.45, 7) is 10.0. The predicted octanol–water partition coefficient (Wildman–Crippen LogP) is 2.17. The van der Waals surface area contributed by atoms with Crippen LogP contribution in [0.2, 0.25) is 0 Å². The van der Waals surface area contributed by atoms with Crippen LogP contribution in [0.3, 0.4) is 0 Å². The number of hydrogen-bond donors (Lipinski definition) is 15. The van der Waals surface area contributed by atoms with Crippen LogP contribution in [0.15, 0.2) is 244 Å². The highest BCUT2D eigenvalue weighted by Gasteiger charge is 2.34. The zero-order valence-corrected chi connectivity index (χ0v) is 75.6. The summed E-state index contributed by atoms with van der Waals surface area (Å²) in [4.78, 5) is 97.5. The Labute approximate surface area is 774 Å². The summed E-state index contributed by atoms with van der Waals surface area (Å²) in [6, 6.07) is 59.7. The number of rotatable bonds is 47. The molecule has 0 aliphatic carbocycles. The Balaban J connectivity index is 0.000000227. The van der Waals surface area contributed by atoms with Crippen molar-refractivity contribution in [3.63, 3.8) is 0 Å². The molecule has 0 saturated heterocycles. The molecule has 0 fully saturated rings. The number of hydrogen-bond acceptors (Lipinski definition) is 32. The van der Waals surface area contributed by atoms with E-state index in [0.717, 1.165) is 86.0 Å². The smallest absolute Gasteiger partial charge is 0.255 e. The molecule has 133 heavy (non-hydrogen) atoms. The van der Waals surface area contributed by atoms with E-state index in [1.165, 1.54) is 49.6 Å². The Hall–Kier alpha value is -12.1. The van der Waals surface area contributed by atoms with Crippen LogP contribution >= 0.6 is 0 Å². The number of carbonyl (C=O) groups is 4. The summed E-state index contributed by atoms with van der Waals surface area (Å²) >= 11 is 0. The molecule has 0 radical (unpaired) electrons. The van der Waals surface area contributed by atoms with Crippen molar-refractivity contribution in [3.05, 3.63) is 312 Å². The minimum atomic E-state index is -1.76. The monoisotopic (exact) mass is 1830 g/mol. The molecule has 0 aliphatic heterocycles. The van der Waals surface area contributed by atoms with Gasteiger partial charge in [0.2, 0.25) is 17.7 Å². The second kappa shape index (κ2) is 56.7. The lowest BCUT2D eigenvalue weighted by Gasteiger charge is -2.29. The molecule has 4 amide bonds. The Morgan fingerprint density at radius 1 is 0.368 bits per heavy atom. The molecular formula is C96H125N19O18. The fourth-order valence-electron chi connectivity index (χ4n) is 13.5. The van der Waals surface area contributed by atoms with Crippen molar-refractivity contribution in [2.24, 2.45) is 0 Å². The lowest BCUT2D eigenvalue weighted by molar-refractivity contribution is -0.136. The second-order valence-corrected chi connectivity index (χ2v) is 32.1. The summed E-state index contributed by atoms with van der Waals surface area (Å²) < 4.78 is 1.68. The van der Waals surface area contributed by atoms with Crippen LogP contribution in [0, 0.1) is 0 Å². The first-order valence-electron chi connectivity index (χ1n) is 43.6. The molecule has 0 saturated carbocycles. The topological polar surface area (TPSA) is 520 Å². The van der Waals surface area contributed by atoms with Gasteiger partial charge in [-0.15, -0.1) is 5.10 Å². The highest BCUT2D eigenvalue weighted by Crippen LogP contribution is 2.21. The van der Waals surface area contributed by atoms with Gasteiger partial charge in [0, 0.05) is 175 Å². The molecule has 0 spiro atoms. The predicted molar refractivity (Wildman–Crippen MR) is 493 cm³/mol. The highest BCUT2D eigenvalue weighted by molar-refractivity contribution is 5.94. The number of aromatic nitrogens is 11. The first-order valence-corrected chi connectivity index (χ1v) is 43.6. The maximum atomic E-state index is 13.0. The second-order valence-electron chi connectivity index (χ2n) is 32.1. The Morgan fingerprint density at radius 2 is 0.714 bits per heavy atom. The molecule has 11 aromatic rings. The highest BCUT2D eigenvalue weighted by atomic mass is 16.4. The molecule has 37 nitrogen and oxygen atoms in total. The van der Waals surface area contributed by atoms with Crippen LogP contribution in [-0.4, -0.2) is 331 Å². The number of nitrogens with one attached hydrogen (secondary N) is 1. The van der Waals surface area contributed by atoms with E-state index in [2.05, 4.69) is 82.0 Å². The van der Waals surface area contributed by atoms with Gasteiger partial charge in [-0.05, 0) is 145 Å². The maximum Gasteiger partial charge on any atom is 0.255 e. The van der Waals surface area contributed by atoms with Crippen LogP contribution in [0.4, 0.5) is 5.69 Å². The van der Waals surface area contributed by atoms with E-state index < -0.39 is 92.4 Å². The van der Waals surface area contributed by atoms with E-state index in [0.29, 0.717) is 65.4 Å². The van der Waals surface area contributed by atoms with Crippen molar-refractivity contribution >= 4 is 29.3 Å². The third kappa shape index (κ3) is 37.1. The molecule has 2 aromatic carbocycles. The first kappa shape index (κ1) is 106. The molecule has 712 valence electrons. The molecule has 0 bridgehead atoms. The van der Waals surface area contributed by atoms with Crippen molar-refractivity contribution in [1.29, 1.82) is 0 Å². The Kier molecular flexibility index (Phi) is 45.3. The summed E-state index contributed by atoms with van der Waals surface area (Å²) in [5, 5.41) is 146. The van der Waals surface area contributed by atoms with Crippen LogP contribution in [0.1, 0.15) is 99.9 Å². The van der Waals surface area contributed by atoms with Crippen LogP contribution in [-0.2, 0) is 86.1 Å². The van der Waals surface area contributed by atoms with E-state index >= 15 is 0 Å². The van der Waals surface area contributed by atoms with Gasteiger partial charge in [-0.25, -0.2) is 4.68 Å². The molecule has 15 N–H and O–H groups in total. The molecule has 9 heterocycles. The van der Waals surface area contributed by atoms with Gasteiger partial charge in [0.1, 0.15) is 67.1 Å². The Morgan fingerprint density at radius 3 is 1.08 bits per heavy atom. The van der Waals surface area contributed by atoms with Gasteiger partial charge in [0.15, 0.2) is 0 Å². The number of likely N-dealkylation sites (N-methyl/N-ethyl adjacent to an activating group) is 3. The third-order valence-corrected chi connectivity index (χ3v) is 21.4. The van der Waals surface area contributed by atoms with Gasteiger partial charge < -0.3 is 91.5 Å². The van der Waals surface area contributed by atoms with Gasteiger partial charge in [0.05, 0.1) is 101 Å². The van der Waals surface area contributed by atoms with Crippen molar-refractivity contribution in [3.8, 4) is 5.69 Å². The van der Waals surface area contributed by atoms with Gasteiger partial charge in [-0.3, -0.25) is 78.6 Å². The minimum Gasteiger partial charge on any atom is -0.394 e. The standard InChI is InChI=1S/C31H39N7O5.C30H34N6O.C26H33N5O6.C9H19NO6/c1-3-27(39)30(42)31(43)28(40)21-36(2)29(41)16-22-10-12-26(13-11-22)38-20-25(34-35-38)19-37(17-23-8-4-6-14-32-23)18-24-9-5-7-15-33-24;1-2-25-12-14-26(15-13-25)34-30(37)24-36(23-29-11-5-8-18-33-29)20-19-35(21-27-9-3-6-16-31-27)22-28-10-4-7-17-32-28;1-30(16-22(33)24(35)25(36)23(34)17-32)26(37)18-8-9-21(29-12-18)15-31(13-19-6-2-4-10-27-19)14-20-7-3-5-11-28-20;1-5(12)10(2)3-6(13)8(15)9(16)7(14)4-11/h4-15,20,27-28,30-31,39-40,42-43H,3,16-19,21H2,1-2H3;3-18H,2,19-24H2,1H3,(H,34,37);2-12,22-25,32-36H,13-17H2,1H3;6-9,11,13-16H,3-4H2,1-2H3. The number of aryl methyl sites for hydroxylation is 1. The third-order valence-electron chi connectivity index (χ3n) is 21.4. The summed E-state index contributed by atoms with van der Waals surface area (Å²) in [5.74, 6) is -1.06. The van der Waals surface area contributed by atoms with Gasteiger partial charge in [0.25, 0.3) is 5.91 Å². The van der Waals surface area contributed by atoms with Crippen molar-refractivity contribution in [2.75, 3.05) is 78.9 Å². The first-order chi connectivity index (χ1) is 64.0. The zero-order chi connectivity index (χ0) is 96.1. The van der Waals surface area contributed by atoms with E-state index in [1.807, 2.05) is 195 Å². The molecule has 12 atom stereocenters. The number of carbonyl (C=O) groups excluding carboxylic acids is 4. The lowest BCUT2D eigenvalue weighted by atomic mass is 10.0. The van der Waals surface area contributed by atoms with E-state index in [9.17, 15) is 75.3 Å². The Bertz CT molecular complexity index is 4980. The number of pyridine rings is 8. The van der Waals surface area contributed by atoms with E-state index in [1.54, 1.807) is 54.7 Å². The summed E-state index contributed by atoms with van der Waals surface area (Å²) in [7, 11) is 4.37. The number of aliphatic hydroxyl groups is 14. The zero-order valence-electron chi connectivity index (χ0n) is 75.6. The van der Waals surface area contributed by atoms with Crippen molar-refractivity contribution < 1.29 is 90.7 Å². The van der Waals surface area contributed by atoms with Crippen molar-refractivity contribution in [1.82, 2.24) is 89.2 Å². The van der Waals surface area contributed by atoms with E-state index in [-0.39, 0.29) is 62.3 Å². The SMILES string of the molecule is CC(=O)N(C)CC(O)C(O)C(O)C(O)CO.CCC(O)C(O)C(O)C(O)CN(C)C(=O)Cc1ccc(-n2cc(CN(Cc3ccccn3)Cc3ccccn3)nn2)cc1.CCc1ccc(NC(=O)CN(CCN(Cc2ccccn2)Cc2ccccn2)Cc2ccccn2)cc1.CN(CC(O)C(O)C(O)C(O)CO)C(=O)c1ccc(CN(Cc2ccccn2)Cc2ccccn2)nc1. The van der Waals surface area contributed by atoms with Gasteiger partial charge in [-0.2, -0.15) is 0 Å². The fraction of sp³-hybridized carbons (Fsp3) is 0.396. The minimum absolute atomic E-state index is 0.0406. The van der Waals surface area contributed by atoms with Gasteiger partial charge in [-0.1, -0.05) is 85.8 Å². The van der Waals surface area contributed by atoms with Crippen LogP contribution in [0.25, 0.3) is 5.69 Å². The number of nitrogens with zero attached hydrogens (tertiary/aromatic N) is 18. The number of amides is 4. The number of benzene rings is 2. The summed E-state index contributed by atoms with van der Waals surface area (Å²) in [5.41, 5.74) is 12.0. The quantitative estimate of drug-likeness (QED) is 0.0260. The largest absolute Gasteiger partial charge is 0.394 e. The average Bonchev–Trinajstić information content (AvgIpc) is 1.71. The molecule has 11 rings (SSSR count). The lowest BCUT2D eigenvalue weighted by Crippen LogP contribution is -2.50. The maximum absolute atomic E-state index is 13.0. The van der Waals surface area contributed by atoms with E-state index in [4.69, 9.17) is 15.3 Å². The molecule has 12 unspecified atom stereocenters. The number of aliphatic hydroxyl groups excluding tert-OH is 14. The summed E-state index contributed by atoms with van der Waals surface area (Å²) in [6.07, 6.45) is -1.48. The molecule has 37 heteroatoms.